The number of aryl methyl sites for hydroxylation is 2. The van der Waals surface area contributed by atoms with Gasteiger partial charge in [0.1, 0.15) is 30.6 Å². The van der Waals surface area contributed by atoms with Crippen LogP contribution in [-0.4, -0.2) is 25.3 Å². The summed E-state index contributed by atoms with van der Waals surface area (Å²) >= 11 is 0. The van der Waals surface area contributed by atoms with Crippen molar-refractivity contribution in [2.45, 2.75) is 20.4 Å². The maximum atomic E-state index is 12.1. The van der Waals surface area contributed by atoms with Crippen LogP contribution in [0.25, 0.3) is 0 Å². The summed E-state index contributed by atoms with van der Waals surface area (Å²) in [7, 11) is 0. The molecule has 23 heavy (non-hydrogen) atoms. The molecule has 0 aliphatic carbocycles. The van der Waals surface area contributed by atoms with Crippen LogP contribution >= 0.6 is 0 Å². The third-order valence-electron chi connectivity index (χ3n) is 3.07. The molecular formula is C13H12N6O4. The number of carbonyl (C=O) groups excluding carboxylic acids is 1. The highest BCUT2D eigenvalue weighted by Crippen LogP contribution is 2.07. The van der Waals surface area contributed by atoms with Crippen molar-refractivity contribution in [3.8, 4) is 6.07 Å². The van der Waals surface area contributed by atoms with Crippen molar-refractivity contribution in [2.24, 2.45) is 0 Å². The lowest BCUT2D eigenvalue weighted by molar-refractivity contribution is -0.385. The van der Waals surface area contributed by atoms with Crippen molar-refractivity contribution in [1.82, 2.24) is 14.5 Å². The third kappa shape index (κ3) is 3.24. The van der Waals surface area contributed by atoms with Crippen molar-refractivity contribution < 1.29 is 9.72 Å². The predicted octanol–water partition coefficient (Wildman–Crippen LogP) is 0.212. The summed E-state index contributed by atoms with van der Waals surface area (Å²) in [6, 6.07) is 3.39. The smallest absolute Gasteiger partial charge is 0.271 e. The summed E-state index contributed by atoms with van der Waals surface area (Å²) in [4.78, 5) is 34.0. The second kappa shape index (κ2) is 6.10. The van der Waals surface area contributed by atoms with E-state index in [0.717, 1.165) is 21.8 Å². The van der Waals surface area contributed by atoms with Crippen LogP contribution in [-0.2, 0) is 11.3 Å². The van der Waals surface area contributed by atoms with Crippen LogP contribution in [0.3, 0.4) is 0 Å². The molecule has 2 heterocycles. The first-order valence-corrected chi connectivity index (χ1v) is 6.43. The summed E-state index contributed by atoms with van der Waals surface area (Å²) in [6.45, 7) is 2.92. The molecule has 0 radical (unpaired) electrons. The molecule has 10 nitrogen and oxygen atoms in total. The molecular weight excluding hydrogens is 304 g/mol. The molecule has 0 atom stereocenters. The molecule has 2 aromatic heterocycles. The first-order chi connectivity index (χ1) is 10.8. The van der Waals surface area contributed by atoms with Gasteiger partial charge in [0, 0.05) is 5.69 Å². The van der Waals surface area contributed by atoms with Crippen molar-refractivity contribution in [2.75, 3.05) is 5.43 Å². The number of pyridine rings is 1. The minimum atomic E-state index is -0.634. The van der Waals surface area contributed by atoms with Crippen molar-refractivity contribution in [1.29, 1.82) is 5.26 Å². The van der Waals surface area contributed by atoms with Crippen LogP contribution in [0.2, 0.25) is 0 Å². The largest absolute Gasteiger partial charge is 0.307 e. The summed E-state index contributed by atoms with van der Waals surface area (Å²) in [5.41, 5.74) is 2.38. The number of nitro groups is 1. The van der Waals surface area contributed by atoms with Crippen LogP contribution < -0.4 is 11.0 Å². The van der Waals surface area contributed by atoms with Crippen LogP contribution in [0.4, 0.5) is 5.69 Å². The van der Waals surface area contributed by atoms with Gasteiger partial charge in [-0.25, -0.2) is 4.68 Å². The van der Waals surface area contributed by atoms with Crippen molar-refractivity contribution in [3.05, 3.63) is 55.7 Å². The quantitative estimate of drug-likeness (QED) is 0.632. The van der Waals surface area contributed by atoms with Gasteiger partial charge in [0.25, 0.3) is 11.5 Å². The molecule has 0 aromatic carbocycles. The molecule has 1 N–H and O–H groups in total. The minimum Gasteiger partial charge on any atom is -0.271 e. The second-order valence-corrected chi connectivity index (χ2v) is 4.78. The van der Waals surface area contributed by atoms with E-state index >= 15 is 0 Å². The van der Waals surface area contributed by atoms with Gasteiger partial charge in [0.05, 0.1) is 4.92 Å². The molecule has 0 unspecified atom stereocenters. The average molecular weight is 316 g/mol. The van der Waals surface area contributed by atoms with E-state index < -0.39 is 16.4 Å². The molecule has 1 amide bonds. The maximum Gasteiger partial charge on any atom is 0.307 e. The molecule has 0 saturated heterocycles. The van der Waals surface area contributed by atoms with Gasteiger partial charge in [0.2, 0.25) is 0 Å². The standard InChI is InChI=1S/C13H12N6O4/c1-8-3-9(2)18(13(21)11(8)4-14)16-12(20)7-17-6-10(5-15-17)19(22)23/h3,5-6H,7H2,1-2H3,(H,16,20). The van der Waals surface area contributed by atoms with Crippen LogP contribution in [0.15, 0.2) is 23.3 Å². The Hall–Kier alpha value is -3.48. The first kappa shape index (κ1) is 15.9. The zero-order valence-electron chi connectivity index (χ0n) is 12.3. The van der Waals surface area contributed by atoms with Gasteiger partial charge < -0.3 is 0 Å². The minimum absolute atomic E-state index is 0.0642. The van der Waals surface area contributed by atoms with Gasteiger partial charge in [-0.3, -0.25) is 29.8 Å². The number of aromatic nitrogens is 3. The lowest BCUT2D eigenvalue weighted by Crippen LogP contribution is -2.37. The van der Waals surface area contributed by atoms with Crippen molar-refractivity contribution in [3.63, 3.8) is 0 Å². The van der Waals surface area contributed by atoms with E-state index in [1.54, 1.807) is 26.0 Å². The zero-order valence-corrected chi connectivity index (χ0v) is 12.3. The monoisotopic (exact) mass is 316 g/mol. The van der Waals surface area contributed by atoms with Gasteiger partial charge >= 0.3 is 5.69 Å². The number of rotatable bonds is 4. The molecule has 0 bridgehead atoms. The molecule has 10 heteroatoms. The van der Waals surface area contributed by atoms with E-state index in [4.69, 9.17) is 5.26 Å². The Balaban J connectivity index is 2.22. The highest BCUT2D eigenvalue weighted by molar-refractivity contribution is 5.83. The fraction of sp³-hybridized carbons (Fsp3) is 0.231. The van der Waals surface area contributed by atoms with Gasteiger partial charge in [0.15, 0.2) is 0 Å². The van der Waals surface area contributed by atoms with E-state index in [1.807, 2.05) is 0 Å². The van der Waals surface area contributed by atoms with E-state index in [-0.39, 0.29) is 17.8 Å². The topological polar surface area (TPSA) is 136 Å². The third-order valence-corrected chi connectivity index (χ3v) is 3.07. The van der Waals surface area contributed by atoms with Crippen LogP contribution in [0, 0.1) is 35.3 Å². The van der Waals surface area contributed by atoms with E-state index in [1.165, 1.54) is 0 Å². The number of carbonyl (C=O) groups is 1. The van der Waals surface area contributed by atoms with Crippen LogP contribution in [0.5, 0.6) is 0 Å². The summed E-state index contributed by atoms with van der Waals surface area (Å²) < 4.78 is 2.04. The second-order valence-electron chi connectivity index (χ2n) is 4.78. The van der Waals surface area contributed by atoms with Gasteiger partial charge in [-0.1, -0.05) is 0 Å². The lowest BCUT2D eigenvalue weighted by Gasteiger charge is -2.13. The predicted molar refractivity (Wildman–Crippen MR) is 78.1 cm³/mol. The number of nitrogens with zero attached hydrogens (tertiary/aromatic N) is 5. The van der Waals surface area contributed by atoms with E-state index in [2.05, 4.69) is 10.5 Å². The molecule has 0 spiro atoms. The van der Waals surface area contributed by atoms with E-state index in [9.17, 15) is 19.7 Å². The average Bonchev–Trinajstić information content (AvgIpc) is 2.92. The lowest BCUT2D eigenvalue weighted by atomic mass is 10.1. The Bertz CT molecular complexity index is 889. The number of hydrogen-bond donors (Lipinski definition) is 1. The van der Waals surface area contributed by atoms with Gasteiger partial charge in [-0.15, -0.1) is 0 Å². The van der Waals surface area contributed by atoms with Gasteiger partial charge in [-0.05, 0) is 25.5 Å². The number of amides is 1. The molecule has 2 rings (SSSR count). The van der Waals surface area contributed by atoms with Crippen LogP contribution in [0.1, 0.15) is 16.8 Å². The molecule has 0 fully saturated rings. The fourth-order valence-electron chi connectivity index (χ4n) is 2.01. The molecule has 0 aliphatic heterocycles. The molecule has 2 aromatic rings. The Morgan fingerprint density at radius 2 is 2.22 bits per heavy atom. The number of hydrogen-bond acceptors (Lipinski definition) is 6. The zero-order chi connectivity index (χ0) is 17.1. The Kier molecular flexibility index (Phi) is 4.22. The fourth-order valence-corrected chi connectivity index (χ4v) is 2.01. The highest BCUT2D eigenvalue weighted by Gasteiger charge is 2.14. The maximum absolute atomic E-state index is 12.1. The Morgan fingerprint density at radius 3 is 2.78 bits per heavy atom. The normalized spacial score (nSPS) is 10.1. The summed E-state index contributed by atoms with van der Waals surface area (Å²) in [6.07, 6.45) is 2.12. The number of nitriles is 1. The Labute approximate surface area is 129 Å². The van der Waals surface area contributed by atoms with Crippen molar-refractivity contribution >= 4 is 11.6 Å². The Morgan fingerprint density at radius 1 is 1.52 bits per heavy atom. The summed E-state index contributed by atoms with van der Waals surface area (Å²) in [5, 5.41) is 23.2. The molecule has 0 saturated carbocycles. The van der Waals surface area contributed by atoms with E-state index in [0.29, 0.717) is 11.3 Å². The SMILES string of the molecule is Cc1cc(C)n(NC(=O)Cn2cc([N+](=O)[O-])cn2)c(=O)c1C#N. The molecule has 118 valence electrons. The molecule has 0 aliphatic rings. The summed E-state index contributed by atoms with van der Waals surface area (Å²) in [5.74, 6) is -0.610. The van der Waals surface area contributed by atoms with Gasteiger partial charge in [-0.2, -0.15) is 10.4 Å². The highest BCUT2D eigenvalue weighted by atomic mass is 16.6. The number of nitrogens with one attached hydrogen (secondary N) is 1. The first-order valence-electron chi connectivity index (χ1n) is 6.43.